The Labute approximate surface area is 174 Å². The van der Waals surface area contributed by atoms with Crippen LogP contribution in [0.1, 0.15) is 23.6 Å². The lowest BCUT2D eigenvalue weighted by Crippen LogP contribution is -2.55. The Balaban J connectivity index is 1.33. The average molecular weight is 395 g/mol. The number of benzene rings is 2. The SMILES string of the molecule is OCCC1CN(CC2CNNC2c2ccccc2)CCN1CCc1ccccc1. The molecule has 5 heteroatoms. The molecule has 3 N–H and O–H groups in total. The summed E-state index contributed by atoms with van der Waals surface area (Å²) >= 11 is 0. The second-order valence-electron chi connectivity index (χ2n) is 8.37. The van der Waals surface area contributed by atoms with E-state index in [1.54, 1.807) is 0 Å². The Morgan fingerprint density at radius 3 is 2.48 bits per heavy atom. The van der Waals surface area contributed by atoms with Gasteiger partial charge in [0.25, 0.3) is 0 Å². The molecule has 5 nitrogen and oxygen atoms in total. The standard InChI is InChI=1S/C24H34N4O/c29-16-12-23-19-27(14-15-28(23)13-11-20-7-3-1-4-8-20)18-22-17-25-26-24(22)21-9-5-2-6-10-21/h1-10,22-26,29H,11-19H2. The van der Waals surface area contributed by atoms with Crippen molar-refractivity contribution in [3.05, 3.63) is 71.8 Å². The summed E-state index contributed by atoms with van der Waals surface area (Å²) in [5, 5.41) is 9.62. The summed E-state index contributed by atoms with van der Waals surface area (Å²) in [7, 11) is 0. The zero-order valence-electron chi connectivity index (χ0n) is 17.2. The molecule has 2 aliphatic rings. The smallest absolute Gasteiger partial charge is 0.0515 e. The highest BCUT2D eigenvalue weighted by atomic mass is 16.3. The van der Waals surface area contributed by atoms with E-state index in [4.69, 9.17) is 0 Å². The van der Waals surface area contributed by atoms with Crippen molar-refractivity contribution in [2.45, 2.75) is 24.9 Å². The Kier molecular flexibility index (Phi) is 7.30. The van der Waals surface area contributed by atoms with Gasteiger partial charge in [-0.05, 0) is 24.0 Å². The van der Waals surface area contributed by atoms with Crippen LogP contribution in [0.25, 0.3) is 0 Å². The molecule has 0 aliphatic carbocycles. The molecule has 0 spiro atoms. The van der Waals surface area contributed by atoms with Crippen LogP contribution in [0, 0.1) is 5.92 Å². The van der Waals surface area contributed by atoms with Crippen molar-refractivity contribution in [1.29, 1.82) is 0 Å². The third-order valence-electron chi connectivity index (χ3n) is 6.43. The second kappa shape index (κ2) is 10.3. The van der Waals surface area contributed by atoms with Gasteiger partial charge in [0.2, 0.25) is 0 Å². The van der Waals surface area contributed by atoms with Crippen LogP contribution in [0.4, 0.5) is 0 Å². The topological polar surface area (TPSA) is 50.8 Å². The van der Waals surface area contributed by atoms with Crippen molar-refractivity contribution in [3.63, 3.8) is 0 Å². The number of hydrazine groups is 1. The molecule has 0 bridgehead atoms. The fourth-order valence-corrected chi connectivity index (χ4v) is 4.81. The molecule has 0 amide bonds. The van der Waals surface area contributed by atoms with Gasteiger partial charge in [-0.15, -0.1) is 0 Å². The third-order valence-corrected chi connectivity index (χ3v) is 6.43. The summed E-state index contributed by atoms with van der Waals surface area (Å²) in [6.45, 7) is 6.66. The van der Waals surface area contributed by atoms with Crippen LogP contribution in [0.15, 0.2) is 60.7 Å². The summed E-state index contributed by atoms with van der Waals surface area (Å²) in [6, 6.07) is 22.3. The molecule has 0 radical (unpaired) electrons. The number of nitrogens with one attached hydrogen (secondary N) is 2. The molecule has 2 saturated heterocycles. The molecule has 2 aromatic carbocycles. The van der Waals surface area contributed by atoms with Crippen LogP contribution in [0.2, 0.25) is 0 Å². The van der Waals surface area contributed by atoms with E-state index >= 15 is 0 Å². The minimum atomic E-state index is 0.263. The quantitative estimate of drug-likeness (QED) is 0.640. The van der Waals surface area contributed by atoms with Crippen LogP contribution < -0.4 is 10.9 Å². The number of aliphatic hydroxyl groups excluding tert-OH is 1. The van der Waals surface area contributed by atoms with Crippen molar-refractivity contribution in [2.24, 2.45) is 5.92 Å². The van der Waals surface area contributed by atoms with Crippen LogP contribution in [0.5, 0.6) is 0 Å². The van der Waals surface area contributed by atoms with E-state index in [-0.39, 0.29) is 6.61 Å². The minimum absolute atomic E-state index is 0.263. The number of rotatable bonds is 8. The lowest BCUT2D eigenvalue weighted by Gasteiger charge is -2.42. The van der Waals surface area contributed by atoms with Crippen molar-refractivity contribution in [2.75, 3.05) is 45.9 Å². The average Bonchev–Trinajstić information content (AvgIpc) is 3.23. The molecule has 3 unspecified atom stereocenters. The molecule has 2 aliphatic heterocycles. The Hall–Kier alpha value is -1.76. The fourth-order valence-electron chi connectivity index (χ4n) is 4.81. The predicted molar refractivity (Wildman–Crippen MR) is 117 cm³/mol. The lowest BCUT2D eigenvalue weighted by atomic mass is 9.94. The first-order valence-corrected chi connectivity index (χ1v) is 11.0. The van der Waals surface area contributed by atoms with E-state index < -0.39 is 0 Å². The molecule has 0 aromatic heterocycles. The molecule has 0 saturated carbocycles. The van der Waals surface area contributed by atoms with E-state index in [9.17, 15) is 5.11 Å². The van der Waals surface area contributed by atoms with Gasteiger partial charge in [0, 0.05) is 57.8 Å². The predicted octanol–water partition coefficient (Wildman–Crippen LogP) is 2.06. The van der Waals surface area contributed by atoms with Crippen LogP contribution in [0.3, 0.4) is 0 Å². The normalized spacial score (nSPS) is 26.0. The highest BCUT2D eigenvalue weighted by Gasteiger charge is 2.33. The summed E-state index contributed by atoms with van der Waals surface area (Å²) in [6.07, 6.45) is 1.93. The summed E-state index contributed by atoms with van der Waals surface area (Å²) in [4.78, 5) is 5.19. The van der Waals surface area contributed by atoms with Gasteiger partial charge in [-0.25, -0.2) is 5.43 Å². The van der Waals surface area contributed by atoms with Gasteiger partial charge in [0.05, 0.1) is 6.04 Å². The first-order chi connectivity index (χ1) is 14.3. The number of nitrogens with zero attached hydrogens (tertiary/aromatic N) is 2. The zero-order chi connectivity index (χ0) is 19.9. The molecular formula is C24H34N4O. The van der Waals surface area contributed by atoms with Gasteiger partial charge in [0.1, 0.15) is 0 Å². The lowest BCUT2D eigenvalue weighted by molar-refractivity contribution is 0.0516. The molecule has 4 rings (SSSR count). The first kappa shape index (κ1) is 20.5. The van der Waals surface area contributed by atoms with Gasteiger partial charge in [-0.2, -0.15) is 0 Å². The monoisotopic (exact) mass is 394 g/mol. The fraction of sp³-hybridized carbons (Fsp3) is 0.500. The zero-order valence-corrected chi connectivity index (χ0v) is 17.2. The van der Waals surface area contributed by atoms with Crippen molar-refractivity contribution >= 4 is 0 Å². The Morgan fingerprint density at radius 1 is 0.966 bits per heavy atom. The van der Waals surface area contributed by atoms with E-state index in [2.05, 4.69) is 81.3 Å². The number of piperazine rings is 1. The maximum absolute atomic E-state index is 9.62. The molecular weight excluding hydrogens is 360 g/mol. The van der Waals surface area contributed by atoms with Crippen molar-refractivity contribution in [3.8, 4) is 0 Å². The van der Waals surface area contributed by atoms with Gasteiger partial charge < -0.3 is 10.0 Å². The maximum Gasteiger partial charge on any atom is 0.0515 e. The Bertz CT molecular complexity index is 726. The minimum Gasteiger partial charge on any atom is -0.396 e. The van der Waals surface area contributed by atoms with Gasteiger partial charge >= 0.3 is 0 Å². The van der Waals surface area contributed by atoms with E-state index in [0.29, 0.717) is 18.0 Å². The van der Waals surface area contributed by atoms with E-state index in [1.807, 2.05) is 0 Å². The highest BCUT2D eigenvalue weighted by molar-refractivity contribution is 5.21. The largest absolute Gasteiger partial charge is 0.396 e. The number of aliphatic hydroxyl groups is 1. The number of hydrogen-bond acceptors (Lipinski definition) is 5. The number of hydrogen-bond donors (Lipinski definition) is 3. The van der Waals surface area contributed by atoms with Crippen LogP contribution in [-0.2, 0) is 6.42 Å². The molecule has 2 fully saturated rings. The molecule has 156 valence electrons. The first-order valence-electron chi connectivity index (χ1n) is 11.0. The second-order valence-corrected chi connectivity index (χ2v) is 8.37. The summed E-state index contributed by atoms with van der Waals surface area (Å²) < 4.78 is 0. The van der Waals surface area contributed by atoms with Crippen molar-refractivity contribution in [1.82, 2.24) is 20.7 Å². The van der Waals surface area contributed by atoms with Crippen LogP contribution in [-0.4, -0.2) is 66.8 Å². The van der Waals surface area contributed by atoms with E-state index in [1.165, 1.54) is 11.1 Å². The van der Waals surface area contributed by atoms with Crippen molar-refractivity contribution < 1.29 is 5.11 Å². The summed E-state index contributed by atoms with van der Waals surface area (Å²) in [5.41, 5.74) is 9.59. The highest BCUT2D eigenvalue weighted by Crippen LogP contribution is 2.26. The van der Waals surface area contributed by atoms with Gasteiger partial charge in [0.15, 0.2) is 0 Å². The molecule has 29 heavy (non-hydrogen) atoms. The Morgan fingerprint density at radius 2 is 1.72 bits per heavy atom. The molecule has 2 aromatic rings. The summed E-state index contributed by atoms with van der Waals surface area (Å²) in [5.74, 6) is 0.558. The van der Waals surface area contributed by atoms with Gasteiger partial charge in [-0.1, -0.05) is 60.7 Å². The maximum atomic E-state index is 9.62. The molecule has 2 heterocycles. The van der Waals surface area contributed by atoms with E-state index in [0.717, 1.165) is 52.1 Å². The van der Waals surface area contributed by atoms with Crippen LogP contribution >= 0.6 is 0 Å². The molecule has 3 atom stereocenters. The van der Waals surface area contributed by atoms with Gasteiger partial charge in [-0.3, -0.25) is 10.3 Å². The third kappa shape index (κ3) is 5.44.